The van der Waals surface area contributed by atoms with Crippen LogP contribution in [0.3, 0.4) is 0 Å². The van der Waals surface area contributed by atoms with E-state index in [0.29, 0.717) is 0 Å². The van der Waals surface area contributed by atoms with Crippen molar-refractivity contribution in [2.24, 2.45) is 0 Å². The topological polar surface area (TPSA) is 106 Å². The molecule has 7 aromatic heterocycles. The van der Waals surface area contributed by atoms with Gasteiger partial charge in [-0.05, 0) is 103 Å². The number of piperidine rings is 2. The average molecular weight is 779 g/mol. The number of benzene rings is 1. The number of aromatic nitrogens is 9. The summed E-state index contributed by atoms with van der Waals surface area (Å²) in [5, 5.41) is 10.00. The van der Waals surface area contributed by atoms with Crippen molar-refractivity contribution in [3.05, 3.63) is 114 Å². The molecule has 270 valence electrons. The Labute approximate surface area is 321 Å². The van der Waals surface area contributed by atoms with Gasteiger partial charge in [0.15, 0.2) is 11.3 Å². The fourth-order valence-electron chi connectivity index (χ4n) is 7.47. The second-order valence-corrected chi connectivity index (χ2v) is 14.9. The van der Waals surface area contributed by atoms with Crippen LogP contribution in [0.15, 0.2) is 109 Å². The van der Waals surface area contributed by atoms with Gasteiger partial charge in [-0.2, -0.15) is 10.2 Å². The molecule has 0 unspecified atom stereocenters. The molecule has 9 heterocycles. The van der Waals surface area contributed by atoms with Gasteiger partial charge in [-0.25, -0.2) is 29.0 Å². The predicted molar refractivity (Wildman–Crippen MR) is 218 cm³/mol. The third kappa shape index (κ3) is 6.89. The number of nitrogens with zero attached hydrogens (tertiary/aromatic N) is 11. The minimum Gasteiger partial charge on any atom is -0.357 e. The van der Waals surface area contributed by atoms with Crippen LogP contribution in [0.4, 0.5) is 11.6 Å². The highest BCUT2D eigenvalue weighted by Gasteiger charge is 2.16. The molecule has 0 N–H and O–H groups in total. The lowest BCUT2D eigenvalue weighted by molar-refractivity contribution is 0.573. The molecule has 2 fully saturated rings. The van der Waals surface area contributed by atoms with Crippen LogP contribution in [0.1, 0.15) is 44.2 Å². The minimum atomic E-state index is 0.821. The molecule has 0 radical (unpaired) electrons. The Hall–Kier alpha value is -5.75. The number of para-hydroxylation sites is 1. The first-order chi connectivity index (χ1) is 26.6. The van der Waals surface area contributed by atoms with Crippen molar-refractivity contribution < 1.29 is 0 Å². The van der Waals surface area contributed by atoms with E-state index in [0.717, 1.165) is 104 Å². The molecule has 0 amide bonds. The van der Waals surface area contributed by atoms with Gasteiger partial charge in [0, 0.05) is 102 Å². The molecule has 11 nitrogen and oxygen atoms in total. The van der Waals surface area contributed by atoms with Crippen molar-refractivity contribution in [2.75, 3.05) is 36.0 Å². The Kier molecular flexibility index (Phi) is 9.42. The zero-order chi connectivity index (χ0) is 36.4. The van der Waals surface area contributed by atoms with Gasteiger partial charge in [0.2, 0.25) is 0 Å². The van der Waals surface area contributed by atoms with Gasteiger partial charge in [-0.15, -0.1) is 0 Å². The lowest BCUT2D eigenvalue weighted by Crippen LogP contribution is -2.29. The summed E-state index contributed by atoms with van der Waals surface area (Å²) in [6.45, 7) is 6.44. The van der Waals surface area contributed by atoms with Crippen LogP contribution in [-0.4, -0.2) is 70.3 Å². The number of pyridine rings is 3. The largest absolute Gasteiger partial charge is 0.357 e. The van der Waals surface area contributed by atoms with Gasteiger partial charge >= 0.3 is 0 Å². The number of hydrogen-bond acceptors (Lipinski definition) is 9. The van der Waals surface area contributed by atoms with Gasteiger partial charge in [-0.1, -0.05) is 18.2 Å². The van der Waals surface area contributed by atoms with Crippen LogP contribution >= 0.6 is 15.9 Å². The normalized spacial score (nSPS) is 14.8. The predicted octanol–water partition coefficient (Wildman–Crippen LogP) is 8.85. The van der Waals surface area contributed by atoms with E-state index in [2.05, 4.69) is 87.3 Å². The first-order valence-corrected chi connectivity index (χ1v) is 19.5. The van der Waals surface area contributed by atoms with Crippen LogP contribution in [0.2, 0.25) is 0 Å². The third-order valence-electron chi connectivity index (χ3n) is 10.3. The quantitative estimate of drug-likeness (QED) is 0.170. The molecule has 0 aliphatic carbocycles. The molecule has 0 bridgehead atoms. The van der Waals surface area contributed by atoms with Gasteiger partial charge in [0.1, 0.15) is 11.6 Å². The van der Waals surface area contributed by atoms with Crippen LogP contribution in [-0.2, 0) is 0 Å². The Morgan fingerprint density at radius 3 is 1.70 bits per heavy atom. The summed E-state index contributed by atoms with van der Waals surface area (Å²) in [5.41, 5.74) is 9.86. The van der Waals surface area contributed by atoms with E-state index in [1.165, 1.54) is 38.5 Å². The van der Waals surface area contributed by atoms with E-state index >= 15 is 0 Å². The Morgan fingerprint density at radius 1 is 0.537 bits per heavy atom. The van der Waals surface area contributed by atoms with Gasteiger partial charge in [0.25, 0.3) is 0 Å². The molecule has 2 aliphatic rings. The van der Waals surface area contributed by atoms with Crippen molar-refractivity contribution >= 4 is 49.8 Å². The first-order valence-electron chi connectivity index (χ1n) is 18.7. The van der Waals surface area contributed by atoms with E-state index in [4.69, 9.17) is 9.97 Å². The summed E-state index contributed by atoms with van der Waals surface area (Å²) in [4.78, 5) is 28.0. The van der Waals surface area contributed by atoms with Crippen molar-refractivity contribution in [2.45, 2.75) is 45.4 Å². The summed E-state index contributed by atoms with van der Waals surface area (Å²) in [6.07, 6.45) is 23.0. The zero-order valence-electron chi connectivity index (χ0n) is 30.2. The smallest absolute Gasteiger partial charge is 0.169 e. The molecular weight excluding hydrogens is 738 g/mol. The van der Waals surface area contributed by atoms with Crippen molar-refractivity contribution in [1.82, 2.24) is 44.1 Å². The van der Waals surface area contributed by atoms with E-state index in [1.54, 1.807) is 10.7 Å². The maximum atomic E-state index is 4.78. The number of anilines is 2. The first kappa shape index (κ1) is 34.0. The van der Waals surface area contributed by atoms with E-state index in [9.17, 15) is 0 Å². The summed E-state index contributed by atoms with van der Waals surface area (Å²) >= 11 is 3.44. The highest BCUT2D eigenvalue weighted by molar-refractivity contribution is 9.10. The molecule has 8 aromatic rings. The molecule has 2 aliphatic heterocycles. The number of rotatable bonds is 5. The fraction of sp³-hybridized carbons (Fsp3) is 0.262. The molecule has 12 heteroatoms. The number of hydrogen-bond donors (Lipinski definition) is 0. The third-order valence-corrected chi connectivity index (χ3v) is 10.9. The standard InChI is InChI=1S/C26H24N6.C16H16BrN5/c1-18-13-22(21-7-3-4-8-24(21)30-18)23-16-29-32-17-20(15-28-26(23)32)19-9-10-25(27-14-19)31-11-5-2-6-12-31;17-14-10-20-22-11-13(9-19-16(14)22)12-4-5-15(18-8-12)21-6-2-1-3-7-21/h3-4,7-10,13-17H,2,5-6,11-12H2,1H3;4-5,8-11H,1-3,6-7H2. The highest BCUT2D eigenvalue weighted by atomic mass is 79.9. The van der Waals surface area contributed by atoms with Crippen LogP contribution in [0.5, 0.6) is 0 Å². The van der Waals surface area contributed by atoms with Crippen molar-refractivity contribution in [3.63, 3.8) is 0 Å². The SMILES string of the molecule is Brc1cnn2cc(-c3ccc(N4CCCCC4)nc3)cnc12.Cc1cc(-c2cnn3cc(-c4ccc(N5CCCCC5)nc4)cnc23)c2ccccc2n1. The Bertz CT molecular complexity index is 2550. The van der Waals surface area contributed by atoms with Crippen molar-refractivity contribution in [3.8, 4) is 33.4 Å². The summed E-state index contributed by atoms with van der Waals surface area (Å²) < 4.78 is 4.53. The van der Waals surface area contributed by atoms with Crippen molar-refractivity contribution in [1.29, 1.82) is 0 Å². The second-order valence-electron chi connectivity index (χ2n) is 14.0. The molecule has 0 atom stereocenters. The highest BCUT2D eigenvalue weighted by Crippen LogP contribution is 2.32. The number of fused-ring (bicyclic) bond motifs is 3. The van der Waals surface area contributed by atoms with Crippen LogP contribution < -0.4 is 9.80 Å². The lowest BCUT2D eigenvalue weighted by Gasteiger charge is -2.27. The fourth-order valence-corrected chi connectivity index (χ4v) is 7.85. The second kappa shape index (κ2) is 14.9. The minimum absolute atomic E-state index is 0.821. The number of halogens is 1. The molecular formula is C42H40BrN11. The van der Waals surface area contributed by atoms with E-state index < -0.39 is 0 Å². The lowest BCUT2D eigenvalue weighted by atomic mass is 10.0. The van der Waals surface area contributed by atoms with Gasteiger partial charge < -0.3 is 9.80 Å². The average Bonchev–Trinajstić information content (AvgIpc) is 3.84. The number of aryl methyl sites for hydroxylation is 1. The summed E-state index contributed by atoms with van der Waals surface area (Å²) in [6, 6.07) is 18.8. The monoisotopic (exact) mass is 777 g/mol. The van der Waals surface area contributed by atoms with Crippen LogP contribution in [0, 0.1) is 6.92 Å². The molecule has 1 aromatic carbocycles. The van der Waals surface area contributed by atoms with Crippen LogP contribution in [0.25, 0.3) is 55.6 Å². The molecule has 2 saturated heterocycles. The van der Waals surface area contributed by atoms with E-state index in [-0.39, 0.29) is 0 Å². The van der Waals surface area contributed by atoms with E-state index in [1.807, 2.05) is 73.0 Å². The summed E-state index contributed by atoms with van der Waals surface area (Å²) in [7, 11) is 0. The zero-order valence-corrected chi connectivity index (χ0v) is 31.8. The molecule has 0 spiro atoms. The Balaban J connectivity index is 0.000000153. The summed E-state index contributed by atoms with van der Waals surface area (Å²) in [5.74, 6) is 2.13. The molecule has 54 heavy (non-hydrogen) atoms. The van der Waals surface area contributed by atoms with Gasteiger partial charge in [-0.3, -0.25) is 4.98 Å². The maximum absolute atomic E-state index is 4.78. The van der Waals surface area contributed by atoms with Gasteiger partial charge in [0.05, 0.1) is 22.4 Å². The molecule has 10 rings (SSSR count). The Morgan fingerprint density at radius 2 is 1.09 bits per heavy atom. The molecule has 0 saturated carbocycles. The maximum Gasteiger partial charge on any atom is 0.169 e.